The molecular formula is C23H24FNO3. The molecule has 146 valence electrons. The predicted molar refractivity (Wildman–Crippen MR) is 106 cm³/mol. The summed E-state index contributed by atoms with van der Waals surface area (Å²) in [4.78, 5) is 0. The summed E-state index contributed by atoms with van der Waals surface area (Å²) >= 11 is 0. The van der Waals surface area contributed by atoms with Crippen molar-refractivity contribution in [2.45, 2.75) is 25.5 Å². The molecule has 1 aliphatic carbocycles. The third kappa shape index (κ3) is 3.50. The Morgan fingerprint density at radius 3 is 2.39 bits per heavy atom. The summed E-state index contributed by atoms with van der Waals surface area (Å²) in [6.45, 7) is 0.702. The van der Waals surface area contributed by atoms with Crippen molar-refractivity contribution >= 4 is 0 Å². The van der Waals surface area contributed by atoms with Gasteiger partial charge in [0.05, 0.1) is 25.6 Å². The fourth-order valence-electron chi connectivity index (χ4n) is 3.60. The van der Waals surface area contributed by atoms with Gasteiger partial charge in [-0.1, -0.05) is 36.4 Å². The van der Waals surface area contributed by atoms with Crippen LogP contribution in [0, 0.1) is 11.7 Å². The van der Waals surface area contributed by atoms with Crippen molar-refractivity contribution in [3.8, 4) is 22.8 Å². The Balaban J connectivity index is 1.78. The molecule has 1 unspecified atom stereocenters. The van der Waals surface area contributed by atoms with Gasteiger partial charge in [0, 0.05) is 12.1 Å². The lowest BCUT2D eigenvalue weighted by Gasteiger charge is -2.18. The summed E-state index contributed by atoms with van der Waals surface area (Å²) in [6.07, 6.45) is 1.31. The Morgan fingerprint density at radius 2 is 1.75 bits per heavy atom. The van der Waals surface area contributed by atoms with Crippen LogP contribution in [-0.2, 0) is 6.54 Å². The molecule has 28 heavy (non-hydrogen) atoms. The molecule has 1 atom stereocenters. The van der Waals surface area contributed by atoms with Gasteiger partial charge in [-0.3, -0.25) is 0 Å². The van der Waals surface area contributed by atoms with Crippen LogP contribution in [0.5, 0.6) is 11.5 Å². The maximum Gasteiger partial charge on any atom is 0.161 e. The minimum absolute atomic E-state index is 0.318. The summed E-state index contributed by atoms with van der Waals surface area (Å²) < 4.78 is 27.5. The van der Waals surface area contributed by atoms with E-state index in [-0.39, 0.29) is 5.82 Å². The molecule has 1 N–H and O–H groups in total. The first kappa shape index (κ1) is 18.6. The highest BCUT2D eigenvalue weighted by molar-refractivity contribution is 5.62. The molecule has 5 heteroatoms. The van der Waals surface area contributed by atoms with Gasteiger partial charge in [0.25, 0.3) is 0 Å². The normalized spacial score (nSPS) is 14.7. The lowest BCUT2D eigenvalue weighted by Crippen LogP contribution is -2.11. The predicted octanol–water partition coefficient (Wildman–Crippen LogP) is 4.80. The van der Waals surface area contributed by atoms with E-state index in [1.165, 1.54) is 6.07 Å². The van der Waals surface area contributed by atoms with Crippen LogP contribution in [0.15, 0.2) is 54.6 Å². The Hall–Kier alpha value is -2.79. The number of ether oxygens (including phenoxy) is 2. The highest BCUT2D eigenvalue weighted by atomic mass is 19.1. The van der Waals surface area contributed by atoms with E-state index in [4.69, 9.17) is 9.47 Å². The second-order valence-corrected chi connectivity index (χ2v) is 7.20. The molecule has 1 saturated carbocycles. The van der Waals surface area contributed by atoms with Gasteiger partial charge in [-0.25, -0.2) is 4.39 Å². The summed E-state index contributed by atoms with van der Waals surface area (Å²) in [5, 5.41) is 11.1. The molecule has 0 aliphatic heterocycles. The zero-order chi connectivity index (χ0) is 19.7. The Morgan fingerprint density at radius 1 is 1.04 bits per heavy atom. The van der Waals surface area contributed by atoms with Crippen molar-refractivity contribution < 1.29 is 19.0 Å². The van der Waals surface area contributed by atoms with Crippen LogP contribution in [0.2, 0.25) is 0 Å². The summed E-state index contributed by atoms with van der Waals surface area (Å²) in [5.41, 5.74) is 2.52. The topological polar surface area (TPSA) is 43.6 Å². The van der Waals surface area contributed by atoms with Gasteiger partial charge in [0.2, 0.25) is 0 Å². The maximum absolute atomic E-state index is 15.0. The van der Waals surface area contributed by atoms with Crippen LogP contribution >= 0.6 is 0 Å². The third-order valence-corrected chi connectivity index (χ3v) is 5.27. The molecule has 0 radical (unpaired) electrons. The van der Waals surface area contributed by atoms with E-state index in [1.54, 1.807) is 32.4 Å². The number of aliphatic hydroxyl groups is 1. The molecule has 0 amide bonds. The number of aromatic nitrogens is 1. The van der Waals surface area contributed by atoms with Gasteiger partial charge in [-0.05, 0) is 42.5 Å². The Kier molecular flexibility index (Phi) is 5.09. The van der Waals surface area contributed by atoms with E-state index in [0.717, 1.165) is 18.4 Å². The third-order valence-electron chi connectivity index (χ3n) is 5.27. The quantitative estimate of drug-likeness (QED) is 0.639. The van der Waals surface area contributed by atoms with Crippen LogP contribution < -0.4 is 9.47 Å². The van der Waals surface area contributed by atoms with Gasteiger partial charge in [-0.15, -0.1) is 0 Å². The molecule has 0 saturated heterocycles. The van der Waals surface area contributed by atoms with E-state index < -0.39 is 6.10 Å². The minimum atomic E-state index is -0.967. The average Bonchev–Trinajstić information content (AvgIpc) is 3.49. The average molecular weight is 381 g/mol. The van der Waals surface area contributed by atoms with Gasteiger partial charge in [-0.2, -0.15) is 0 Å². The fourth-order valence-corrected chi connectivity index (χ4v) is 3.60. The maximum atomic E-state index is 15.0. The van der Waals surface area contributed by atoms with Gasteiger partial charge < -0.3 is 19.1 Å². The first-order valence-electron chi connectivity index (χ1n) is 9.46. The van der Waals surface area contributed by atoms with Gasteiger partial charge in [0.1, 0.15) is 11.9 Å². The van der Waals surface area contributed by atoms with Crippen LogP contribution in [0.1, 0.15) is 30.2 Å². The molecule has 3 aromatic rings. The molecule has 1 aromatic heterocycles. The highest BCUT2D eigenvalue weighted by Gasteiger charge is 2.28. The van der Waals surface area contributed by atoms with E-state index in [2.05, 4.69) is 0 Å². The molecule has 1 heterocycles. The molecule has 4 nitrogen and oxygen atoms in total. The largest absolute Gasteiger partial charge is 0.493 e. The van der Waals surface area contributed by atoms with E-state index in [0.29, 0.717) is 40.9 Å². The van der Waals surface area contributed by atoms with Crippen molar-refractivity contribution in [2.24, 2.45) is 5.92 Å². The van der Waals surface area contributed by atoms with Crippen molar-refractivity contribution in [3.63, 3.8) is 0 Å². The van der Waals surface area contributed by atoms with Crippen LogP contribution in [0.4, 0.5) is 4.39 Å². The lowest BCUT2D eigenvalue weighted by atomic mass is 10.1. The number of hydrogen-bond acceptors (Lipinski definition) is 3. The van der Waals surface area contributed by atoms with Crippen LogP contribution in [0.25, 0.3) is 11.3 Å². The lowest BCUT2D eigenvalue weighted by molar-refractivity contribution is 0.208. The zero-order valence-corrected chi connectivity index (χ0v) is 16.1. The first-order chi connectivity index (χ1) is 13.6. The summed E-state index contributed by atoms with van der Waals surface area (Å²) in [5.74, 6) is 1.33. The van der Waals surface area contributed by atoms with Gasteiger partial charge >= 0.3 is 0 Å². The zero-order valence-electron chi connectivity index (χ0n) is 16.1. The number of nitrogens with zero attached hydrogens (tertiary/aromatic N) is 1. The van der Waals surface area contributed by atoms with E-state index >= 15 is 0 Å². The van der Waals surface area contributed by atoms with Crippen molar-refractivity contribution in [3.05, 3.63) is 71.7 Å². The van der Waals surface area contributed by atoms with Crippen LogP contribution in [0.3, 0.4) is 0 Å². The van der Waals surface area contributed by atoms with Crippen molar-refractivity contribution in [2.75, 3.05) is 14.2 Å². The smallest absolute Gasteiger partial charge is 0.161 e. The van der Waals surface area contributed by atoms with Crippen LogP contribution in [-0.4, -0.2) is 23.9 Å². The summed E-state index contributed by atoms with van der Waals surface area (Å²) in [7, 11) is 3.12. The second-order valence-electron chi connectivity index (χ2n) is 7.20. The Bertz CT molecular complexity index is 963. The molecule has 1 fully saturated rings. The molecule has 4 rings (SSSR count). The number of aliphatic hydroxyl groups excluding tert-OH is 1. The number of hydrogen-bond donors (Lipinski definition) is 1. The molecule has 0 spiro atoms. The molecule has 2 aromatic carbocycles. The monoisotopic (exact) mass is 381 g/mol. The van der Waals surface area contributed by atoms with Crippen molar-refractivity contribution in [1.29, 1.82) is 0 Å². The number of rotatable bonds is 7. The van der Waals surface area contributed by atoms with Crippen molar-refractivity contribution in [1.82, 2.24) is 4.57 Å². The number of halogens is 1. The fraction of sp³-hybridized carbons (Fsp3) is 0.304. The number of benzene rings is 2. The first-order valence-corrected chi connectivity index (χ1v) is 9.46. The standard InChI is InChI=1S/C23H24FNO3/c1-27-20-11-10-17(12-21(20)28-2)23(26)19-13-18(24)22(16-6-4-3-5-7-16)25(19)14-15-8-9-15/h3-7,10-13,15,23,26H,8-9,14H2,1-2H3. The summed E-state index contributed by atoms with van der Waals surface area (Å²) in [6, 6.07) is 16.2. The van der Waals surface area contributed by atoms with E-state index in [9.17, 15) is 9.50 Å². The molecule has 1 aliphatic rings. The molecule has 0 bridgehead atoms. The SMILES string of the molecule is COc1ccc(C(O)c2cc(F)c(-c3ccccc3)n2CC2CC2)cc1OC. The molecular weight excluding hydrogens is 357 g/mol. The Labute approximate surface area is 164 Å². The number of methoxy groups -OCH3 is 2. The van der Waals surface area contributed by atoms with Gasteiger partial charge in [0.15, 0.2) is 11.5 Å². The minimum Gasteiger partial charge on any atom is -0.493 e. The van der Waals surface area contributed by atoms with E-state index in [1.807, 2.05) is 34.9 Å². The highest BCUT2D eigenvalue weighted by Crippen LogP contribution is 2.39. The second kappa shape index (κ2) is 7.68.